The number of thioether (sulfide) groups is 1. The summed E-state index contributed by atoms with van der Waals surface area (Å²) in [5.41, 5.74) is 3.01. The maximum absolute atomic E-state index is 12.7. The molecule has 2 aliphatic heterocycles. The molecule has 4 rings (SSSR count). The van der Waals surface area contributed by atoms with Crippen LogP contribution in [0.15, 0.2) is 58.3 Å². The van der Waals surface area contributed by atoms with Gasteiger partial charge in [-0.05, 0) is 48.1 Å². The van der Waals surface area contributed by atoms with Crippen LogP contribution in [0.4, 0.5) is 0 Å². The number of methoxy groups -OCH3 is 1. The zero-order valence-electron chi connectivity index (χ0n) is 16.5. The van der Waals surface area contributed by atoms with E-state index in [1.807, 2.05) is 0 Å². The van der Waals surface area contributed by atoms with Gasteiger partial charge in [0.1, 0.15) is 17.2 Å². The van der Waals surface area contributed by atoms with Crippen molar-refractivity contribution in [1.29, 1.82) is 0 Å². The molecule has 9 nitrogen and oxygen atoms in total. The zero-order valence-corrected chi connectivity index (χ0v) is 18.9. The Kier molecular flexibility index (Phi) is 5.75. The smallest absolute Gasteiger partial charge is 0.285 e. The SMILES string of the molecule is COc1ccc(C=C2SC(=S)N(NC(=O)CN3C(=O)c4ccccc4S3(=O)=O)C2=O)cc1. The van der Waals surface area contributed by atoms with Crippen LogP contribution in [0.25, 0.3) is 6.08 Å². The zero-order chi connectivity index (χ0) is 23.0. The van der Waals surface area contributed by atoms with Gasteiger partial charge in [0.25, 0.3) is 27.7 Å². The third-order valence-electron chi connectivity index (χ3n) is 4.64. The van der Waals surface area contributed by atoms with Crippen molar-refractivity contribution in [2.24, 2.45) is 0 Å². The second-order valence-corrected chi connectivity index (χ2v) is 10.1. The number of carbonyl (C=O) groups excluding carboxylic acids is 3. The Labute approximate surface area is 193 Å². The fourth-order valence-electron chi connectivity index (χ4n) is 3.09. The van der Waals surface area contributed by atoms with Crippen molar-refractivity contribution in [3.05, 3.63) is 64.6 Å². The number of hydrogen-bond acceptors (Lipinski definition) is 8. The van der Waals surface area contributed by atoms with Gasteiger partial charge in [-0.15, -0.1) is 0 Å². The number of hydrogen-bond donors (Lipinski definition) is 1. The molecular formula is C20H15N3O6S3. The van der Waals surface area contributed by atoms with Gasteiger partial charge in [-0.3, -0.25) is 19.8 Å². The largest absolute Gasteiger partial charge is 0.497 e. The molecule has 0 aromatic heterocycles. The van der Waals surface area contributed by atoms with Crippen molar-refractivity contribution in [3.8, 4) is 5.75 Å². The first-order valence-corrected chi connectivity index (χ1v) is 11.8. The standard InChI is InChI=1S/C20H15N3O6S3/c1-29-13-8-6-12(7-9-13)10-15-19(26)23(20(30)31-15)21-17(24)11-22-18(25)14-4-2-3-5-16(14)32(22,27)28/h2-10H,11H2,1H3,(H,21,24). The Morgan fingerprint density at radius 3 is 2.47 bits per heavy atom. The van der Waals surface area contributed by atoms with Crippen molar-refractivity contribution in [2.75, 3.05) is 13.7 Å². The molecule has 0 bridgehead atoms. The molecule has 0 atom stereocenters. The van der Waals surface area contributed by atoms with Crippen LogP contribution >= 0.6 is 24.0 Å². The summed E-state index contributed by atoms with van der Waals surface area (Å²) in [6.07, 6.45) is 1.61. The first-order valence-electron chi connectivity index (χ1n) is 9.10. The summed E-state index contributed by atoms with van der Waals surface area (Å²) in [5, 5.41) is 0.859. The number of benzene rings is 2. The number of thiocarbonyl (C=S) groups is 1. The van der Waals surface area contributed by atoms with E-state index >= 15 is 0 Å². The number of hydrazine groups is 1. The van der Waals surface area contributed by atoms with Crippen LogP contribution in [-0.4, -0.2) is 53.4 Å². The molecule has 0 spiro atoms. The summed E-state index contributed by atoms with van der Waals surface area (Å²) in [5.74, 6) is -1.59. The summed E-state index contributed by atoms with van der Waals surface area (Å²) >= 11 is 6.16. The van der Waals surface area contributed by atoms with E-state index in [0.29, 0.717) is 10.1 Å². The van der Waals surface area contributed by atoms with Crippen molar-refractivity contribution >= 4 is 62.1 Å². The predicted molar refractivity (Wildman–Crippen MR) is 121 cm³/mol. The molecule has 1 fully saturated rings. The second-order valence-electron chi connectivity index (χ2n) is 6.64. The molecule has 2 aromatic rings. The maximum Gasteiger partial charge on any atom is 0.285 e. The molecule has 3 amide bonds. The van der Waals surface area contributed by atoms with Crippen molar-refractivity contribution in [1.82, 2.24) is 14.7 Å². The first kappa shape index (κ1) is 22.0. The Morgan fingerprint density at radius 1 is 1.12 bits per heavy atom. The van der Waals surface area contributed by atoms with Gasteiger partial charge in [0.15, 0.2) is 4.32 Å². The van der Waals surface area contributed by atoms with Crippen LogP contribution < -0.4 is 10.2 Å². The lowest BCUT2D eigenvalue weighted by Gasteiger charge is -2.19. The quantitative estimate of drug-likeness (QED) is 0.500. The number of sulfonamides is 1. The molecule has 1 N–H and O–H groups in total. The monoisotopic (exact) mass is 489 g/mol. The highest BCUT2D eigenvalue weighted by atomic mass is 32.2. The number of amides is 3. The van der Waals surface area contributed by atoms with E-state index in [1.54, 1.807) is 37.5 Å². The van der Waals surface area contributed by atoms with Gasteiger partial charge in [-0.25, -0.2) is 12.7 Å². The highest BCUT2D eigenvalue weighted by Gasteiger charge is 2.42. The van der Waals surface area contributed by atoms with Gasteiger partial charge >= 0.3 is 0 Å². The molecule has 2 aromatic carbocycles. The lowest BCUT2D eigenvalue weighted by Crippen LogP contribution is -2.49. The molecule has 164 valence electrons. The summed E-state index contributed by atoms with van der Waals surface area (Å²) < 4.78 is 30.8. The highest BCUT2D eigenvalue weighted by Crippen LogP contribution is 2.32. The topological polar surface area (TPSA) is 113 Å². The van der Waals surface area contributed by atoms with E-state index in [1.165, 1.54) is 24.3 Å². The number of nitrogens with zero attached hydrogens (tertiary/aromatic N) is 2. The van der Waals surface area contributed by atoms with E-state index in [9.17, 15) is 22.8 Å². The maximum atomic E-state index is 12.7. The minimum atomic E-state index is -4.15. The van der Waals surface area contributed by atoms with Crippen LogP contribution in [0.5, 0.6) is 5.75 Å². The summed E-state index contributed by atoms with van der Waals surface area (Å²) in [6.45, 7) is -0.787. The van der Waals surface area contributed by atoms with Gasteiger partial charge in [0.05, 0.1) is 17.6 Å². The van der Waals surface area contributed by atoms with Gasteiger partial charge < -0.3 is 4.74 Å². The minimum absolute atomic E-state index is 0.00617. The van der Waals surface area contributed by atoms with Crippen LogP contribution in [0, 0.1) is 0 Å². The van der Waals surface area contributed by atoms with Crippen molar-refractivity contribution in [3.63, 3.8) is 0 Å². The van der Waals surface area contributed by atoms with Crippen LogP contribution in [0.1, 0.15) is 15.9 Å². The molecule has 2 heterocycles. The van der Waals surface area contributed by atoms with Gasteiger partial charge in [-0.2, -0.15) is 5.01 Å². The van der Waals surface area contributed by atoms with Gasteiger partial charge in [-0.1, -0.05) is 36.0 Å². The fourth-order valence-corrected chi connectivity index (χ4v) is 5.80. The molecule has 12 heteroatoms. The second kappa shape index (κ2) is 8.37. The average molecular weight is 490 g/mol. The number of ether oxygens (including phenoxy) is 1. The van der Waals surface area contributed by atoms with Crippen LogP contribution in [0.3, 0.4) is 0 Å². The van der Waals surface area contributed by atoms with E-state index in [0.717, 1.165) is 22.3 Å². The molecule has 1 saturated heterocycles. The molecule has 0 saturated carbocycles. The van der Waals surface area contributed by atoms with Gasteiger partial charge in [0.2, 0.25) is 0 Å². The Balaban J connectivity index is 1.47. The third-order valence-corrected chi connectivity index (χ3v) is 7.73. The first-order chi connectivity index (χ1) is 15.2. The summed E-state index contributed by atoms with van der Waals surface area (Å²) in [6, 6.07) is 12.7. The van der Waals surface area contributed by atoms with Gasteiger partial charge in [0, 0.05) is 0 Å². The lowest BCUT2D eigenvalue weighted by molar-refractivity contribution is -0.133. The van der Waals surface area contributed by atoms with Crippen LogP contribution in [-0.2, 0) is 19.6 Å². The lowest BCUT2D eigenvalue weighted by atomic mass is 10.2. The molecule has 0 aliphatic carbocycles. The van der Waals surface area contributed by atoms with Crippen molar-refractivity contribution < 1.29 is 27.5 Å². The number of rotatable bonds is 5. The summed E-state index contributed by atoms with van der Waals surface area (Å²) in [7, 11) is -2.60. The Bertz CT molecular complexity index is 1290. The fraction of sp³-hybridized carbons (Fsp3) is 0.100. The Morgan fingerprint density at radius 2 is 1.81 bits per heavy atom. The molecule has 0 unspecified atom stereocenters. The normalized spacial score (nSPS) is 18.3. The number of nitrogens with one attached hydrogen (secondary N) is 1. The number of carbonyl (C=O) groups is 3. The van der Waals surface area contributed by atoms with E-state index in [2.05, 4.69) is 5.43 Å². The minimum Gasteiger partial charge on any atom is -0.497 e. The average Bonchev–Trinajstić information content (AvgIpc) is 3.14. The predicted octanol–water partition coefficient (Wildman–Crippen LogP) is 1.77. The summed E-state index contributed by atoms with van der Waals surface area (Å²) in [4.78, 5) is 37.8. The van der Waals surface area contributed by atoms with E-state index in [-0.39, 0.29) is 19.7 Å². The van der Waals surface area contributed by atoms with E-state index in [4.69, 9.17) is 17.0 Å². The molecule has 0 radical (unpaired) electrons. The molecular weight excluding hydrogens is 474 g/mol. The third kappa shape index (κ3) is 3.87. The van der Waals surface area contributed by atoms with E-state index < -0.39 is 34.3 Å². The number of fused-ring (bicyclic) bond motifs is 1. The Hall–Kier alpha value is -3.22. The highest BCUT2D eigenvalue weighted by molar-refractivity contribution is 8.26. The molecule has 2 aliphatic rings. The molecule has 32 heavy (non-hydrogen) atoms. The van der Waals surface area contributed by atoms with Crippen LogP contribution in [0.2, 0.25) is 0 Å². The van der Waals surface area contributed by atoms with Crippen molar-refractivity contribution in [2.45, 2.75) is 4.90 Å².